The number of unbranched alkanes of at least 4 members (excludes halogenated alkanes) is 1. The van der Waals surface area contributed by atoms with Gasteiger partial charge in [0.05, 0.1) is 0 Å². The van der Waals surface area contributed by atoms with Crippen molar-refractivity contribution in [1.82, 2.24) is 0 Å². The molecule has 0 bridgehead atoms. The maximum absolute atomic E-state index is 11.6. The smallest absolute Gasteiger partial charge is 0.138 e. The fraction of sp³-hybridized carbons (Fsp3) is 0.909. The van der Waals surface area contributed by atoms with Crippen LogP contribution in [0.5, 0.6) is 0 Å². The first-order valence-corrected chi connectivity index (χ1v) is 5.08. The van der Waals surface area contributed by atoms with E-state index in [1.165, 1.54) is 12.8 Å². The zero-order valence-corrected chi connectivity index (χ0v) is 8.94. The summed E-state index contributed by atoms with van der Waals surface area (Å²) in [5.41, 5.74) is -0.0774. The van der Waals surface area contributed by atoms with Gasteiger partial charge in [-0.15, -0.1) is 0 Å². The third kappa shape index (κ3) is 3.89. The zero-order valence-electron chi connectivity index (χ0n) is 8.94. The highest BCUT2D eigenvalue weighted by Crippen LogP contribution is 2.26. The van der Waals surface area contributed by atoms with Crippen LogP contribution in [-0.2, 0) is 4.79 Å². The number of carbonyl (C=O) groups is 1. The largest absolute Gasteiger partial charge is 0.299 e. The Hall–Kier alpha value is -0.330. The van der Waals surface area contributed by atoms with Gasteiger partial charge in [0.1, 0.15) is 5.78 Å². The topological polar surface area (TPSA) is 17.1 Å². The van der Waals surface area contributed by atoms with Gasteiger partial charge in [-0.05, 0) is 12.8 Å². The lowest BCUT2D eigenvalue weighted by atomic mass is 9.81. The Morgan fingerprint density at radius 2 is 1.75 bits per heavy atom. The molecule has 0 aromatic carbocycles. The van der Waals surface area contributed by atoms with Crippen LogP contribution < -0.4 is 0 Å². The lowest BCUT2D eigenvalue weighted by molar-refractivity contribution is -0.127. The first-order valence-electron chi connectivity index (χ1n) is 5.08. The van der Waals surface area contributed by atoms with Crippen molar-refractivity contribution in [2.75, 3.05) is 0 Å². The minimum atomic E-state index is -0.0774. The molecule has 0 fully saturated rings. The van der Waals surface area contributed by atoms with Crippen LogP contribution in [0.25, 0.3) is 0 Å². The summed E-state index contributed by atoms with van der Waals surface area (Å²) in [6, 6.07) is 0. The zero-order chi connectivity index (χ0) is 9.61. The summed E-state index contributed by atoms with van der Waals surface area (Å²) in [6.45, 7) is 8.37. The predicted molar refractivity (Wildman–Crippen MR) is 53.2 cm³/mol. The fourth-order valence-corrected chi connectivity index (χ4v) is 1.32. The number of rotatable bonds is 6. The van der Waals surface area contributed by atoms with Gasteiger partial charge in [0.25, 0.3) is 0 Å². The number of Topliss-reactive ketones (excluding diaryl/α,β-unsaturated/α-hetero) is 1. The van der Waals surface area contributed by atoms with Crippen LogP contribution in [0.15, 0.2) is 0 Å². The van der Waals surface area contributed by atoms with Crippen LogP contribution in [0.1, 0.15) is 59.8 Å². The van der Waals surface area contributed by atoms with E-state index in [0.717, 1.165) is 19.3 Å². The van der Waals surface area contributed by atoms with Crippen LogP contribution in [0.3, 0.4) is 0 Å². The number of hydrogen-bond donors (Lipinski definition) is 0. The maximum Gasteiger partial charge on any atom is 0.138 e. The van der Waals surface area contributed by atoms with Gasteiger partial charge in [0.2, 0.25) is 0 Å². The monoisotopic (exact) mass is 170 g/mol. The molecule has 0 unspecified atom stereocenters. The van der Waals surface area contributed by atoms with Crippen LogP contribution in [0.2, 0.25) is 0 Å². The van der Waals surface area contributed by atoms with Crippen molar-refractivity contribution in [3.63, 3.8) is 0 Å². The van der Waals surface area contributed by atoms with Crippen molar-refractivity contribution in [2.24, 2.45) is 5.41 Å². The molecule has 0 aromatic rings. The highest BCUT2D eigenvalue weighted by atomic mass is 16.1. The van der Waals surface area contributed by atoms with E-state index in [1.54, 1.807) is 0 Å². The minimum Gasteiger partial charge on any atom is -0.299 e. The molecule has 1 heteroatoms. The fourth-order valence-electron chi connectivity index (χ4n) is 1.32. The SMILES string of the molecule is CCCCC(C)(C)C(=O)CCC. The average molecular weight is 170 g/mol. The minimum absolute atomic E-state index is 0.0774. The molecule has 0 radical (unpaired) electrons. The van der Waals surface area contributed by atoms with Crippen molar-refractivity contribution in [3.05, 3.63) is 0 Å². The van der Waals surface area contributed by atoms with Crippen molar-refractivity contribution in [2.45, 2.75) is 59.8 Å². The van der Waals surface area contributed by atoms with E-state index in [0.29, 0.717) is 5.78 Å². The number of hydrogen-bond acceptors (Lipinski definition) is 1. The van der Waals surface area contributed by atoms with E-state index >= 15 is 0 Å². The molecule has 0 rings (SSSR count). The van der Waals surface area contributed by atoms with Gasteiger partial charge in [-0.3, -0.25) is 4.79 Å². The molecule has 0 atom stereocenters. The first kappa shape index (κ1) is 11.7. The van der Waals surface area contributed by atoms with Gasteiger partial charge in [-0.1, -0.05) is 40.5 Å². The van der Waals surface area contributed by atoms with E-state index < -0.39 is 0 Å². The van der Waals surface area contributed by atoms with Gasteiger partial charge < -0.3 is 0 Å². The van der Waals surface area contributed by atoms with Crippen molar-refractivity contribution in [3.8, 4) is 0 Å². The average Bonchev–Trinajstić information content (AvgIpc) is 2.01. The van der Waals surface area contributed by atoms with Gasteiger partial charge in [0, 0.05) is 11.8 Å². The van der Waals surface area contributed by atoms with Crippen molar-refractivity contribution in [1.29, 1.82) is 0 Å². The Morgan fingerprint density at radius 1 is 1.17 bits per heavy atom. The Kier molecular flexibility index (Phi) is 5.19. The summed E-state index contributed by atoms with van der Waals surface area (Å²) in [5.74, 6) is 0.429. The van der Waals surface area contributed by atoms with Gasteiger partial charge in [-0.25, -0.2) is 0 Å². The molecule has 0 aliphatic carbocycles. The maximum atomic E-state index is 11.6. The third-order valence-electron chi connectivity index (χ3n) is 2.39. The number of ketones is 1. The van der Waals surface area contributed by atoms with E-state index in [2.05, 4.69) is 27.7 Å². The van der Waals surface area contributed by atoms with E-state index in [4.69, 9.17) is 0 Å². The quantitative estimate of drug-likeness (QED) is 0.595. The van der Waals surface area contributed by atoms with Gasteiger partial charge in [0.15, 0.2) is 0 Å². The molecule has 0 amide bonds. The lowest BCUT2D eigenvalue weighted by Crippen LogP contribution is -2.23. The highest BCUT2D eigenvalue weighted by molar-refractivity contribution is 5.83. The first-order chi connectivity index (χ1) is 5.54. The normalized spacial score (nSPS) is 11.7. The summed E-state index contributed by atoms with van der Waals surface area (Å²) >= 11 is 0. The summed E-state index contributed by atoms with van der Waals surface area (Å²) in [4.78, 5) is 11.6. The Morgan fingerprint density at radius 3 is 2.17 bits per heavy atom. The summed E-state index contributed by atoms with van der Waals surface area (Å²) in [5, 5.41) is 0. The summed E-state index contributed by atoms with van der Waals surface area (Å²) < 4.78 is 0. The standard InChI is InChI=1S/C11H22O/c1-5-7-9-11(3,4)10(12)8-6-2/h5-9H2,1-4H3. The summed E-state index contributed by atoms with van der Waals surface area (Å²) in [7, 11) is 0. The lowest BCUT2D eigenvalue weighted by Gasteiger charge is -2.22. The molecule has 0 N–H and O–H groups in total. The highest BCUT2D eigenvalue weighted by Gasteiger charge is 2.25. The van der Waals surface area contributed by atoms with Crippen LogP contribution >= 0.6 is 0 Å². The van der Waals surface area contributed by atoms with Gasteiger partial charge >= 0.3 is 0 Å². The number of carbonyl (C=O) groups excluding carboxylic acids is 1. The molecule has 0 spiro atoms. The molecule has 12 heavy (non-hydrogen) atoms. The van der Waals surface area contributed by atoms with Crippen molar-refractivity contribution < 1.29 is 4.79 Å². The molecule has 0 aromatic heterocycles. The second-order valence-electron chi connectivity index (χ2n) is 4.16. The van der Waals surface area contributed by atoms with Crippen LogP contribution in [-0.4, -0.2) is 5.78 Å². The molecule has 0 saturated carbocycles. The molecule has 0 aliphatic rings. The predicted octanol–water partition coefficient (Wildman–Crippen LogP) is 3.57. The Balaban J connectivity index is 3.90. The third-order valence-corrected chi connectivity index (χ3v) is 2.39. The molecule has 1 nitrogen and oxygen atoms in total. The molecule has 0 aliphatic heterocycles. The summed E-state index contributed by atoms with van der Waals surface area (Å²) in [6.07, 6.45) is 5.12. The van der Waals surface area contributed by atoms with Crippen LogP contribution in [0, 0.1) is 5.41 Å². The molecule has 72 valence electrons. The molecular formula is C11H22O. The molecular weight excluding hydrogens is 148 g/mol. The Bertz CT molecular complexity index is 136. The van der Waals surface area contributed by atoms with E-state index in [-0.39, 0.29) is 5.41 Å². The molecule has 0 heterocycles. The van der Waals surface area contributed by atoms with E-state index in [9.17, 15) is 4.79 Å². The molecule has 0 saturated heterocycles. The van der Waals surface area contributed by atoms with Gasteiger partial charge in [-0.2, -0.15) is 0 Å². The second-order valence-corrected chi connectivity index (χ2v) is 4.16. The van der Waals surface area contributed by atoms with E-state index in [1.807, 2.05) is 0 Å². The Labute approximate surface area is 76.6 Å². The van der Waals surface area contributed by atoms with Crippen molar-refractivity contribution >= 4 is 5.78 Å². The second kappa shape index (κ2) is 5.34. The van der Waals surface area contributed by atoms with Crippen LogP contribution in [0.4, 0.5) is 0 Å².